The van der Waals surface area contributed by atoms with Crippen molar-refractivity contribution >= 4 is 23.0 Å². The van der Waals surface area contributed by atoms with Crippen molar-refractivity contribution < 1.29 is 20.1 Å². The summed E-state index contributed by atoms with van der Waals surface area (Å²) in [6.45, 7) is 1.75. The van der Waals surface area contributed by atoms with Gasteiger partial charge in [-0.3, -0.25) is 0 Å². The lowest BCUT2D eigenvalue weighted by Crippen LogP contribution is -2.28. The molecule has 1 heterocycles. The van der Waals surface area contributed by atoms with Crippen LogP contribution in [0.2, 0.25) is 0 Å². The summed E-state index contributed by atoms with van der Waals surface area (Å²) in [5, 5.41) is 29.4. The van der Waals surface area contributed by atoms with Gasteiger partial charge in [0.15, 0.2) is 6.23 Å². The number of aromatic carboxylic acids is 1. The van der Waals surface area contributed by atoms with Crippen LogP contribution in [0, 0.1) is 0 Å². The first-order valence-electron chi connectivity index (χ1n) is 5.81. The number of hydrogen-bond acceptors (Lipinski definition) is 5. The maximum atomic E-state index is 11.2. The Labute approximate surface area is 125 Å². The average Bonchev–Trinajstić information content (AvgIpc) is 2.93. The maximum absolute atomic E-state index is 11.2. The van der Waals surface area contributed by atoms with Gasteiger partial charge in [-0.25, -0.2) is 4.79 Å². The van der Waals surface area contributed by atoms with E-state index >= 15 is 0 Å². The number of nitrogens with zero attached hydrogens (tertiary/aromatic N) is 1. The summed E-state index contributed by atoms with van der Waals surface area (Å²) in [5.41, 5.74) is 10.3. The third-order valence-electron chi connectivity index (χ3n) is 2.21. The molecule has 0 bridgehead atoms. The van der Waals surface area contributed by atoms with Crippen molar-refractivity contribution in [2.75, 3.05) is 4.90 Å². The predicted molar refractivity (Wildman–Crippen MR) is 80.4 cm³/mol. The van der Waals surface area contributed by atoms with Crippen LogP contribution >= 0.6 is 11.3 Å². The number of rotatable bonds is 5. The van der Waals surface area contributed by atoms with Gasteiger partial charge in [-0.2, -0.15) is 0 Å². The predicted octanol–water partition coefficient (Wildman–Crippen LogP) is 2.80. The molecule has 0 saturated carbocycles. The highest BCUT2D eigenvalue weighted by molar-refractivity contribution is 7.12. The molecule has 0 aliphatic carbocycles. The van der Waals surface area contributed by atoms with E-state index in [1.165, 1.54) is 17.2 Å². The fraction of sp³-hybridized carbons (Fsp3) is 0.133. The van der Waals surface area contributed by atoms with Crippen LogP contribution in [-0.2, 0) is 0 Å². The number of allylic oxidation sites excluding steroid dienone is 1. The van der Waals surface area contributed by atoms with Gasteiger partial charge in [0, 0.05) is 6.08 Å². The Kier molecular flexibility index (Phi) is 6.62. The molecule has 3 N–H and O–H groups in total. The number of carboxylic acids is 1. The zero-order chi connectivity index (χ0) is 15.7. The molecular formula is C15H13NO4S. The van der Waals surface area contributed by atoms with Crippen molar-refractivity contribution in [3.63, 3.8) is 0 Å². The van der Waals surface area contributed by atoms with E-state index in [2.05, 4.69) is 22.9 Å². The highest BCUT2D eigenvalue weighted by Gasteiger charge is 2.20. The molecule has 108 valence electrons. The van der Waals surface area contributed by atoms with Crippen LogP contribution < -0.4 is 4.90 Å². The lowest BCUT2D eigenvalue weighted by molar-refractivity contribution is 0.0702. The highest BCUT2D eigenvalue weighted by Crippen LogP contribution is 2.28. The zero-order valence-corrected chi connectivity index (χ0v) is 12.0. The standard InChI is InChI=1S/C15H13NO4S/c1-2-3-4-7-13(18)16(9-5-6-10-17)12-8-11-21-14(12)15(19)20/h2,7-11,13,17-18H,1H3,(H,19,20)/t13-/m1/s1. The zero-order valence-electron chi connectivity index (χ0n) is 11.1. The van der Waals surface area contributed by atoms with E-state index in [1.54, 1.807) is 24.4 Å². The molecule has 0 aromatic carbocycles. The van der Waals surface area contributed by atoms with Gasteiger partial charge in [-0.05, 0) is 35.9 Å². The fourth-order valence-corrected chi connectivity index (χ4v) is 2.11. The SMILES string of the molecule is CC=C=C=C[C@@H](O)N(C=C=C=CO)c1ccsc1C(=O)O. The average molecular weight is 303 g/mol. The molecule has 0 unspecified atom stereocenters. The minimum absolute atomic E-state index is 0.0727. The molecule has 0 spiro atoms. The summed E-state index contributed by atoms with van der Waals surface area (Å²) in [7, 11) is 0. The Morgan fingerprint density at radius 3 is 2.76 bits per heavy atom. The van der Waals surface area contributed by atoms with E-state index in [-0.39, 0.29) is 4.88 Å². The van der Waals surface area contributed by atoms with E-state index in [0.717, 1.165) is 11.3 Å². The Morgan fingerprint density at radius 2 is 2.14 bits per heavy atom. The Balaban J connectivity index is 3.32. The lowest BCUT2D eigenvalue weighted by atomic mass is 10.3. The van der Waals surface area contributed by atoms with Crippen molar-refractivity contribution in [3.8, 4) is 0 Å². The monoisotopic (exact) mass is 303 g/mol. The van der Waals surface area contributed by atoms with Gasteiger partial charge in [0.05, 0.1) is 11.9 Å². The largest absolute Gasteiger partial charge is 0.507 e. The summed E-state index contributed by atoms with van der Waals surface area (Å²) < 4.78 is 0. The van der Waals surface area contributed by atoms with Crippen molar-refractivity contribution in [2.24, 2.45) is 0 Å². The molecule has 0 saturated heterocycles. The maximum Gasteiger partial charge on any atom is 0.348 e. The lowest BCUT2D eigenvalue weighted by Gasteiger charge is -2.22. The summed E-state index contributed by atoms with van der Waals surface area (Å²) in [6.07, 6.45) is 3.69. The molecule has 0 amide bonds. The molecule has 5 nitrogen and oxygen atoms in total. The van der Waals surface area contributed by atoms with Gasteiger partial charge in [-0.1, -0.05) is 11.5 Å². The van der Waals surface area contributed by atoms with Crippen LogP contribution in [0.25, 0.3) is 0 Å². The highest BCUT2D eigenvalue weighted by atomic mass is 32.1. The quantitative estimate of drug-likeness (QED) is 0.443. The minimum atomic E-state index is -1.17. The van der Waals surface area contributed by atoms with Crippen molar-refractivity contribution in [1.29, 1.82) is 0 Å². The Morgan fingerprint density at radius 1 is 1.38 bits per heavy atom. The molecule has 0 aliphatic rings. The summed E-state index contributed by atoms with van der Waals surface area (Å²) in [4.78, 5) is 12.5. The third-order valence-corrected chi connectivity index (χ3v) is 3.11. The number of carbonyl (C=O) groups is 1. The van der Waals surface area contributed by atoms with Crippen molar-refractivity contribution in [1.82, 2.24) is 0 Å². The Hall–Kier alpha value is -2.67. The summed E-state index contributed by atoms with van der Waals surface area (Å²) in [5.74, 6) is -1.10. The molecule has 1 aromatic heterocycles. The first kappa shape index (κ1) is 16.4. The molecule has 1 atom stereocenters. The van der Waals surface area contributed by atoms with Gasteiger partial charge >= 0.3 is 5.97 Å². The fourth-order valence-electron chi connectivity index (χ4n) is 1.38. The molecule has 21 heavy (non-hydrogen) atoms. The van der Waals surface area contributed by atoms with E-state index < -0.39 is 12.2 Å². The number of thiophene rings is 1. The molecular weight excluding hydrogens is 290 g/mol. The number of hydrogen-bond donors (Lipinski definition) is 3. The van der Waals surface area contributed by atoms with Gasteiger partial charge in [0.25, 0.3) is 0 Å². The van der Waals surface area contributed by atoms with Crippen molar-refractivity contribution in [2.45, 2.75) is 13.2 Å². The van der Waals surface area contributed by atoms with Crippen molar-refractivity contribution in [3.05, 3.63) is 63.9 Å². The number of carboxylic acid groups (broad SMARTS) is 1. The van der Waals surface area contributed by atoms with Crippen LogP contribution in [0.1, 0.15) is 16.6 Å². The molecule has 6 heteroatoms. The number of anilines is 1. The molecule has 1 rings (SSSR count). The van der Waals surface area contributed by atoms with Gasteiger partial charge in [-0.15, -0.1) is 11.3 Å². The second kappa shape index (κ2) is 8.49. The first-order chi connectivity index (χ1) is 10.1. The van der Waals surface area contributed by atoms with E-state index in [4.69, 9.17) is 10.2 Å². The minimum Gasteiger partial charge on any atom is -0.507 e. The number of aliphatic hydroxyl groups excluding tert-OH is 2. The second-order valence-corrected chi connectivity index (χ2v) is 4.47. The molecule has 0 radical (unpaired) electrons. The van der Waals surface area contributed by atoms with Crippen LogP contribution in [0.5, 0.6) is 0 Å². The van der Waals surface area contributed by atoms with Crippen LogP contribution in [0.15, 0.2) is 59.0 Å². The van der Waals surface area contributed by atoms with Crippen LogP contribution in [0.3, 0.4) is 0 Å². The van der Waals surface area contributed by atoms with Gasteiger partial charge in [0.2, 0.25) is 0 Å². The Bertz CT molecular complexity index is 693. The van der Waals surface area contributed by atoms with Gasteiger partial charge < -0.3 is 20.2 Å². The van der Waals surface area contributed by atoms with E-state index in [0.29, 0.717) is 11.9 Å². The molecule has 0 aliphatic heterocycles. The summed E-state index contributed by atoms with van der Waals surface area (Å²) in [6, 6.07) is 1.56. The van der Waals surface area contributed by atoms with Crippen LogP contribution in [0.4, 0.5) is 5.69 Å². The summed E-state index contributed by atoms with van der Waals surface area (Å²) >= 11 is 1.04. The van der Waals surface area contributed by atoms with E-state index in [1.807, 2.05) is 0 Å². The topological polar surface area (TPSA) is 81.0 Å². The first-order valence-corrected chi connectivity index (χ1v) is 6.69. The van der Waals surface area contributed by atoms with E-state index in [9.17, 15) is 9.90 Å². The molecule has 0 fully saturated rings. The number of aliphatic hydroxyl groups is 2. The third kappa shape index (κ3) is 4.73. The smallest absolute Gasteiger partial charge is 0.348 e. The van der Waals surface area contributed by atoms with Crippen LogP contribution in [-0.4, -0.2) is 27.5 Å². The second-order valence-electron chi connectivity index (χ2n) is 3.55. The normalized spacial score (nSPS) is 10.0. The molecule has 1 aromatic rings. The van der Waals surface area contributed by atoms with Gasteiger partial charge in [0.1, 0.15) is 11.1 Å².